The lowest BCUT2D eigenvalue weighted by Crippen LogP contribution is -2.18. The first-order valence-electron chi connectivity index (χ1n) is 9.88. The summed E-state index contributed by atoms with van der Waals surface area (Å²) in [6.07, 6.45) is 1.56. The fourth-order valence-corrected chi connectivity index (χ4v) is 2.88. The maximum absolute atomic E-state index is 12.3. The van der Waals surface area contributed by atoms with Gasteiger partial charge in [-0.25, -0.2) is 5.43 Å². The second kappa shape index (κ2) is 10.6. The molecule has 0 bridgehead atoms. The lowest BCUT2D eigenvalue weighted by atomic mass is 10.1. The summed E-state index contributed by atoms with van der Waals surface area (Å²) in [5.74, 6) is 0.930. The van der Waals surface area contributed by atoms with Crippen molar-refractivity contribution in [3.05, 3.63) is 94.5 Å². The summed E-state index contributed by atoms with van der Waals surface area (Å²) in [6, 6.07) is 22.1. The van der Waals surface area contributed by atoms with Crippen molar-refractivity contribution in [2.45, 2.75) is 20.5 Å². The van der Waals surface area contributed by atoms with Crippen LogP contribution in [-0.4, -0.2) is 18.7 Å². The summed E-state index contributed by atoms with van der Waals surface area (Å²) in [4.78, 5) is 12.3. The van der Waals surface area contributed by atoms with Crippen molar-refractivity contribution in [3.63, 3.8) is 0 Å². The Bertz CT molecular complexity index is 1120. The van der Waals surface area contributed by atoms with Gasteiger partial charge in [-0.05, 0) is 66.9 Å². The summed E-state index contributed by atoms with van der Waals surface area (Å²) in [5.41, 5.74) is 6.34. The normalized spacial score (nSPS) is 10.5. The lowest BCUT2D eigenvalue weighted by molar-refractivity contribution is 0.0954. The second-order valence-corrected chi connectivity index (χ2v) is 6.75. The van der Waals surface area contributed by atoms with Gasteiger partial charge in [0, 0.05) is 5.56 Å². The molecule has 0 fully saturated rings. The monoisotopic (exact) mass is 413 g/mol. The van der Waals surface area contributed by atoms with Gasteiger partial charge in [-0.1, -0.05) is 30.3 Å². The van der Waals surface area contributed by atoms with Crippen molar-refractivity contribution >= 4 is 12.1 Å². The lowest BCUT2D eigenvalue weighted by Gasteiger charge is -2.12. The molecule has 0 saturated carbocycles. The highest BCUT2D eigenvalue weighted by molar-refractivity contribution is 5.96. The number of nitrogens with zero attached hydrogens (tertiary/aromatic N) is 2. The molecule has 0 atom stereocenters. The van der Waals surface area contributed by atoms with E-state index in [0.29, 0.717) is 35.8 Å². The van der Waals surface area contributed by atoms with E-state index < -0.39 is 0 Å². The van der Waals surface area contributed by atoms with Crippen LogP contribution in [-0.2, 0) is 6.61 Å². The average molecular weight is 413 g/mol. The van der Waals surface area contributed by atoms with Crippen molar-refractivity contribution in [3.8, 4) is 17.6 Å². The highest BCUT2D eigenvalue weighted by Crippen LogP contribution is 2.29. The van der Waals surface area contributed by atoms with Crippen LogP contribution in [0.3, 0.4) is 0 Å². The Morgan fingerprint density at radius 1 is 1.06 bits per heavy atom. The zero-order chi connectivity index (χ0) is 22.1. The second-order valence-electron chi connectivity index (χ2n) is 6.75. The Morgan fingerprint density at radius 2 is 1.84 bits per heavy atom. The van der Waals surface area contributed by atoms with Gasteiger partial charge in [-0.15, -0.1) is 0 Å². The standard InChI is InChI=1S/C25H23N3O3/c1-3-30-24-14-21(16-27-28-25(29)22-7-5-4-6-18(22)2)12-13-23(24)31-17-20-10-8-19(15-26)9-11-20/h4-14,16H,3,17H2,1-2H3,(H,28,29)/b27-16-. The number of nitriles is 1. The van der Waals surface area contributed by atoms with Crippen molar-refractivity contribution in [1.82, 2.24) is 5.43 Å². The van der Waals surface area contributed by atoms with E-state index in [0.717, 1.165) is 16.7 Å². The molecule has 0 heterocycles. The smallest absolute Gasteiger partial charge is 0.271 e. The zero-order valence-electron chi connectivity index (χ0n) is 17.5. The molecule has 3 aromatic rings. The highest BCUT2D eigenvalue weighted by atomic mass is 16.5. The summed E-state index contributed by atoms with van der Waals surface area (Å²) >= 11 is 0. The molecule has 0 aromatic heterocycles. The first-order valence-corrected chi connectivity index (χ1v) is 9.88. The third kappa shape index (κ3) is 5.94. The van der Waals surface area contributed by atoms with Gasteiger partial charge in [0.25, 0.3) is 5.91 Å². The molecule has 6 heteroatoms. The van der Waals surface area contributed by atoms with E-state index in [2.05, 4.69) is 16.6 Å². The van der Waals surface area contributed by atoms with E-state index in [4.69, 9.17) is 14.7 Å². The molecular weight excluding hydrogens is 390 g/mol. The quantitative estimate of drug-likeness (QED) is 0.432. The molecule has 6 nitrogen and oxygen atoms in total. The number of amides is 1. The van der Waals surface area contributed by atoms with E-state index in [9.17, 15) is 4.79 Å². The maximum atomic E-state index is 12.3. The maximum Gasteiger partial charge on any atom is 0.271 e. The van der Waals surface area contributed by atoms with Gasteiger partial charge in [0.2, 0.25) is 0 Å². The SMILES string of the molecule is CCOc1cc(/C=N\NC(=O)c2ccccc2C)ccc1OCc1ccc(C#N)cc1. The average Bonchev–Trinajstić information content (AvgIpc) is 2.79. The number of hydrazone groups is 1. The van der Waals surface area contributed by atoms with Crippen LogP contribution in [0.5, 0.6) is 11.5 Å². The molecule has 1 N–H and O–H groups in total. The Balaban J connectivity index is 1.66. The molecule has 0 saturated heterocycles. The Kier molecular flexibility index (Phi) is 7.39. The number of ether oxygens (including phenoxy) is 2. The van der Waals surface area contributed by atoms with Gasteiger partial charge in [-0.2, -0.15) is 10.4 Å². The molecule has 0 aliphatic heterocycles. The minimum atomic E-state index is -0.262. The molecule has 3 rings (SSSR count). The third-order valence-electron chi connectivity index (χ3n) is 4.51. The van der Waals surface area contributed by atoms with Crippen LogP contribution in [0, 0.1) is 18.3 Å². The molecule has 0 radical (unpaired) electrons. The molecule has 31 heavy (non-hydrogen) atoms. The Labute approximate surface area is 181 Å². The van der Waals surface area contributed by atoms with E-state index in [-0.39, 0.29) is 5.91 Å². The van der Waals surface area contributed by atoms with E-state index in [1.54, 1.807) is 36.5 Å². The first kappa shape index (κ1) is 21.6. The summed E-state index contributed by atoms with van der Waals surface area (Å²) < 4.78 is 11.6. The van der Waals surface area contributed by atoms with Crippen LogP contribution in [0.25, 0.3) is 0 Å². The van der Waals surface area contributed by atoms with Gasteiger partial charge in [0.1, 0.15) is 6.61 Å². The minimum absolute atomic E-state index is 0.262. The van der Waals surface area contributed by atoms with Crippen molar-refractivity contribution < 1.29 is 14.3 Å². The van der Waals surface area contributed by atoms with E-state index >= 15 is 0 Å². The third-order valence-corrected chi connectivity index (χ3v) is 4.51. The van der Waals surface area contributed by atoms with Crippen LogP contribution in [0.15, 0.2) is 71.8 Å². The fourth-order valence-electron chi connectivity index (χ4n) is 2.88. The molecule has 3 aromatic carbocycles. The van der Waals surface area contributed by atoms with Crippen molar-refractivity contribution in [2.24, 2.45) is 5.10 Å². The van der Waals surface area contributed by atoms with E-state index in [1.165, 1.54) is 0 Å². The zero-order valence-corrected chi connectivity index (χ0v) is 17.5. The van der Waals surface area contributed by atoms with Gasteiger partial charge in [0.15, 0.2) is 11.5 Å². The summed E-state index contributed by atoms with van der Waals surface area (Å²) in [6.45, 7) is 4.61. The number of aryl methyl sites for hydroxylation is 1. The van der Waals surface area contributed by atoms with Crippen LogP contribution >= 0.6 is 0 Å². The molecule has 0 aliphatic carbocycles. The molecule has 0 spiro atoms. The van der Waals surface area contributed by atoms with Gasteiger partial charge >= 0.3 is 0 Å². The number of hydrogen-bond donors (Lipinski definition) is 1. The molecule has 0 unspecified atom stereocenters. The fraction of sp³-hybridized carbons (Fsp3) is 0.160. The van der Waals surface area contributed by atoms with Crippen LogP contribution in [0.2, 0.25) is 0 Å². The topological polar surface area (TPSA) is 83.7 Å². The predicted molar refractivity (Wildman–Crippen MR) is 119 cm³/mol. The number of rotatable bonds is 8. The van der Waals surface area contributed by atoms with Gasteiger partial charge in [0.05, 0.1) is 24.5 Å². The van der Waals surface area contributed by atoms with Crippen LogP contribution < -0.4 is 14.9 Å². The van der Waals surface area contributed by atoms with Gasteiger partial charge < -0.3 is 9.47 Å². The predicted octanol–water partition coefficient (Wildman–Crippen LogP) is 4.61. The van der Waals surface area contributed by atoms with Crippen LogP contribution in [0.4, 0.5) is 0 Å². The number of benzene rings is 3. The number of nitrogens with one attached hydrogen (secondary N) is 1. The molecule has 1 amide bonds. The van der Waals surface area contributed by atoms with Crippen LogP contribution in [0.1, 0.15) is 39.5 Å². The Morgan fingerprint density at radius 3 is 2.55 bits per heavy atom. The number of carbonyl (C=O) groups is 1. The highest BCUT2D eigenvalue weighted by Gasteiger charge is 2.08. The van der Waals surface area contributed by atoms with E-state index in [1.807, 2.05) is 50.2 Å². The van der Waals surface area contributed by atoms with Crippen molar-refractivity contribution in [1.29, 1.82) is 5.26 Å². The first-order chi connectivity index (χ1) is 15.1. The van der Waals surface area contributed by atoms with Crippen molar-refractivity contribution in [2.75, 3.05) is 6.61 Å². The number of carbonyl (C=O) groups excluding carboxylic acids is 1. The van der Waals surface area contributed by atoms with Gasteiger partial charge in [-0.3, -0.25) is 4.79 Å². The molecule has 156 valence electrons. The minimum Gasteiger partial charge on any atom is -0.490 e. The largest absolute Gasteiger partial charge is 0.490 e. The molecular formula is C25H23N3O3. The summed E-state index contributed by atoms with van der Waals surface area (Å²) in [7, 11) is 0. The molecule has 0 aliphatic rings. The summed E-state index contributed by atoms with van der Waals surface area (Å²) in [5, 5.41) is 12.9. The Hall–Kier alpha value is -4.11. The number of hydrogen-bond acceptors (Lipinski definition) is 5.